The number of rotatable bonds is 9. The Morgan fingerprint density at radius 3 is 2.59 bits per heavy atom. The van der Waals surface area contributed by atoms with Crippen LogP contribution in [0.3, 0.4) is 0 Å². The molecule has 0 radical (unpaired) electrons. The lowest BCUT2D eigenvalue weighted by Gasteiger charge is -2.17. The maximum absolute atomic E-state index is 11.8. The molecule has 1 aromatic heterocycles. The van der Waals surface area contributed by atoms with Gasteiger partial charge in [0.15, 0.2) is 11.5 Å². The average Bonchev–Trinajstić information content (AvgIpc) is 2.66. The van der Waals surface area contributed by atoms with Gasteiger partial charge in [-0.15, -0.1) is 0 Å². The predicted octanol–water partition coefficient (Wildman–Crippen LogP) is 2.92. The van der Waals surface area contributed by atoms with Crippen LogP contribution in [0.2, 0.25) is 0 Å². The summed E-state index contributed by atoms with van der Waals surface area (Å²) in [4.78, 5) is 15.9. The predicted molar refractivity (Wildman–Crippen MR) is 106 cm³/mol. The Morgan fingerprint density at radius 2 is 1.93 bits per heavy atom. The number of hydrogen-bond acceptors (Lipinski definition) is 5. The Labute approximate surface area is 161 Å². The van der Waals surface area contributed by atoms with Crippen molar-refractivity contribution in [2.24, 2.45) is 5.41 Å². The standard InChI is InChI=1S/C21H29N3O3/c1-21(2,3)20(25)24-11-10-23-13-16-7-8-18(26-4)19(12-16)27-15-17-6-5-9-22-14-17/h5-9,12,14,23H,10-11,13,15H2,1-4H3,(H,24,25). The molecular weight excluding hydrogens is 342 g/mol. The van der Waals surface area contributed by atoms with Crippen molar-refractivity contribution in [3.05, 3.63) is 53.9 Å². The van der Waals surface area contributed by atoms with Gasteiger partial charge >= 0.3 is 0 Å². The summed E-state index contributed by atoms with van der Waals surface area (Å²) >= 11 is 0. The van der Waals surface area contributed by atoms with Crippen LogP contribution in [0.5, 0.6) is 11.5 Å². The van der Waals surface area contributed by atoms with Crippen molar-refractivity contribution in [1.82, 2.24) is 15.6 Å². The summed E-state index contributed by atoms with van der Waals surface area (Å²) in [7, 11) is 1.63. The van der Waals surface area contributed by atoms with Crippen LogP contribution < -0.4 is 20.1 Å². The fraction of sp³-hybridized carbons (Fsp3) is 0.429. The van der Waals surface area contributed by atoms with Crippen molar-refractivity contribution in [1.29, 1.82) is 0 Å². The minimum Gasteiger partial charge on any atom is -0.493 e. The number of pyridine rings is 1. The number of nitrogens with zero attached hydrogens (tertiary/aromatic N) is 1. The fourth-order valence-electron chi connectivity index (χ4n) is 2.35. The summed E-state index contributed by atoms with van der Waals surface area (Å²) in [6, 6.07) is 9.72. The van der Waals surface area contributed by atoms with Crippen molar-refractivity contribution in [3.63, 3.8) is 0 Å². The number of ether oxygens (including phenoxy) is 2. The van der Waals surface area contributed by atoms with Gasteiger partial charge in [0.25, 0.3) is 0 Å². The number of carbonyl (C=O) groups excluding carboxylic acids is 1. The number of carbonyl (C=O) groups is 1. The van der Waals surface area contributed by atoms with Gasteiger partial charge in [0.1, 0.15) is 6.61 Å². The molecule has 146 valence electrons. The molecule has 0 saturated heterocycles. The zero-order valence-electron chi connectivity index (χ0n) is 16.5. The first-order valence-corrected chi connectivity index (χ1v) is 9.08. The molecule has 0 aliphatic rings. The Balaban J connectivity index is 1.84. The zero-order chi connectivity index (χ0) is 19.7. The van der Waals surface area contributed by atoms with Gasteiger partial charge in [-0.25, -0.2) is 0 Å². The first kappa shape index (κ1) is 20.7. The van der Waals surface area contributed by atoms with E-state index >= 15 is 0 Å². The number of benzene rings is 1. The highest BCUT2D eigenvalue weighted by Crippen LogP contribution is 2.28. The molecule has 2 rings (SSSR count). The summed E-state index contributed by atoms with van der Waals surface area (Å²) in [5, 5.41) is 6.25. The van der Waals surface area contributed by atoms with Crippen LogP contribution in [0, 0.1) is 5.41 Å². The zero-order valence-corrected chi connectivity index (χ0v) is 16.5. The second-order valence-corrected chi connectivity index (χ2v) is 7.32. The SMILES string of the molecule is COc1ccc(CNCCNC(=O)C(C)(C)C)cc1OCc1cccnc1. The third kappa shape index (κ3) is 6.90. The van der Waals surface area contributed by atoms with Crippen LogP contribution in [0.4, 0.5) is 0 Å². The maximum atomic E-state index is 11.8. The van der Waals surface area contributed by atoms with Crippen LogP contribution in [0.15, 0.2) is 42.7 Å². The monoisotopic (exact) mass is 371 g/mol. The van der Waals surface area contributed by atoms with E-state index in [1.807, 2.05) is 51.1 Å². The van der Waals surface area contributed by atoms with Gasteiger partial charge < -0.3 is 20.1 Å². The number of aromatic nitrogens is 1. The molecular formula is C21H29N3O3. The molecule has 0 aliphatic heterocycles. The Hall–Kier alpha value is -2.60. The van der Waals surface area contributed by atoms with Gasteiger partial charge in [0.2, 0.25) is 5.91 Å². The van der Waals surface area contributed by atoms with Gasteiger partial charge in [-0.3, -0.25) is 9.78 Å². The lowest BCUT2D eigenvalue weighted by molar-refractivity contribution is -0.128. The summed E-state index contributed by atoms with van der Waals surface area (Å²) in [6.45, 7) is 8.11. The lowest BCUT2D eigenvalue weighted by atomic mass is 9.96. The smallest absolute Gasteiger partial charge is 0.225 e. The molecule has 1 aromatic carbocycles. The molecule has 0 atom stereocenters. The number of methoxy groups -OCH3 is 1. The van der Waals surface area contributed by atoms with Gasteiger partial charge in [0, 0.05) is 43.0 Å². The Kier molecular flexibility index (Phi) is 7.61. The minimum absolute atomic E-state index is 0.0554. The lowest BCUT2D eigenvalue weighted by Crippen LogP contribution is -2.38. The van der Waals surface area contributed by atoms with E-state index in [4.69, 9.17) is 9.47 Å². The van der Waals surface area contributed by atoms with Crippen LogP contribution in [-0.2, 0) is 17.9 Å². The molecule has 6 heteroatoms. The van der Waals surface area contributed by atoms with Gasteiger partial charge in [-0.05, 0) is 23.8 Å². The topological polar surface area (TPSA) is 72.5 Å². The summed E-state index contributed by atoms with van der Waals surface area (Å²) in [5.74, 6) is 1.45. The van der Waals surface area contributed by atoms with Gasteiger partial charge in [-0.2, -0.15) is 0 Å². The largest absolute Gasteiger partial charge is 0.493 e. The van der Waals surface area contributed by atoms with Crippen LogP contribution in [-0.4, -0.2) is 31.1 Å². The highest BCUT2D eigenvalue weighted by Gasteiger charge is 2.20. The Morgan fingerprint density at radius 1 is 1.11 bits per heavy atom. The van der Waals surface area contributed by atoms with E-state index in [1.54, 1.807) is 19.5 Å². The van der Waals surface area contributed by atoms with E-state index in [0.29, 0.717) is 37.7 Å². The van der Waals surface area contributed by atoms with Gasteiger partial charge in [0.05, 0.1) is 7.11 Å². The van der Waals surface area contributed by atoms with Crippen LogP contribution >= 0.6 is 0 Å². The van der Waals surface area contributed by atoms with Crippen molar-refractivity contribution in [2.75, 3.05) is 20.2 Å². The third-order valence-electron chi connectivity index (χ3n) is 3.94. The minimum atomic E-state index is -0.365. The third-order valence-corrected chi connectivity index (χ3v) is 3.94. The van der Waals surface area contributed by atoms with E-state index in [0.717, 1.165) is 11.1 Å². The molecule has 1 heterocycles. The average molecular weight is 371 g/mol. The van der Waals surface area contributed by atoms with Crippen LogP contribution in [0.25, 0.3) is 0 Å². The molecule has 0 saturated carbocycles. The van der Waals surface area contributed by atoms with E-state index in [-0.39, 0.29) is 11.3 Å². The second-order valence-electron chi connectivity index (χ2n) is 7.32. The molecule has 0 unspecified atom stereocenters. The molecule has 0 spiro atoms. The first-order chi connectivity index (χ1) is 12.9. The van der Waals surface area contributed by atoms with Crippen molar-refractivity contribution < 1.29 is 14.3 Å². The van der Waals surface area contributed by atoms with Crippen molar-refractivity contribution in [2.45, 2.75) is 33.9 Å². The molecule has 6 nitrogen and oxygen atoms in total. The molecule has 0 fully saturated rings. The van der Waals surface area contributed by atoms with E-state index in [1.165, 1.54) is 0 Å². The molecule has 0 bridgehead atoms. The van der Waals surface area contributed by atoms with E-state index in [9.17, 15) is 4.79 Å². The fourth-order valence-corrected chi connectivity index (χ4v) is 2.35. The molecule has 1 amide bonds. The van der Waals surface area contributed by atoms with Gasteiger partial charge in [-0.1, -0.05) is 32.9 Å². The van der Waals surface area contributed by atoms with Crippen molar-refractivity contribution >= 4 is 5.91 Å². The van der Waals surface area contributed by atoms with E-state index < -0.39 is 0 Å². The van der Waals surface area contributed by atoms with E-state index in [2.05, 4.69) is 15.6 Å². The summed E-state index contributed by atoms with van der Waals surface area (Å²) in [6.07, 6.45) is 3.52. The molecule has 27 heavy (non-hydrogen) atoms. The second kappa shape index (κ2) is 9.92. The summed E-state index contributed by atoms with van der Waals surface area (Å²) < 4.78 is 11.3. The molecule has 2 N–H and O–H groups in total. The maximum Gasteiger partial charge on any atom is 0.225 e. The van der Waals surface area contributed by atoms with Crippen LogP contribution in [0.1, 0.15) is 31.9 Å². The molecule has 0 aliphatic carbocycles. The number of hydrogen-bond donors (Lipinski definition) is 2. The summed E-state index contributed by atoms with van der Waals surface area (Å²) in [5.41, 5.74) is 1.72. The normalized spacial score (nSPS) is 11.1. The highest BCUT2D eigenvalue weighted by atomic mass is 16.5. The first-order valence-electron chi connectivity index (χ1n) is 9.08. The van der Waals surface area contributed by atoms with Crippen molar-refractivity contribution in [3.8, 4) is 11.5 Å². The highest BCUT2D eigenvalue weighted by molar-refractivity contribution is 5.81. The number of amides is 1. The number of nitrogens with one attached hydrogen (secondary N) is 2. The quantitative estimate of drug-likeness (QED) is 0.663. The molecule has 2 aromatic rings. The Bertz CT molecular complexity index is 727.